The maximum atomic E-state index is 12.7. The van der Waals surface area contributed by atoms with Crippen LogP contribution in [0.25, 0.3) is 12.2 Å². The first-order valence-corrected chi connectivity index (χ1v) is 19.9. The van der Waals surface area contributed by atoms with Crippen LogP contribution in [0.1, 0.15) is 31.8 Å². The van der Waals surface area contributed by atoms with E-state index >= 15 is 0 Å². The largest absolute Gasteiger partial charge is 0.322 e. The molecule has 4 aromatic carbocycles. The van der Waals surface area contributed by atoms with E-state index in [1.54, 1.807) is 0 Å². The Morgan fingerprint density at radius 3 is 1.10 bits per heavy atom. The molecule has 0 spiro atoms. The summed E-state index contributed by atoms with van der Waals surface area (Å²) in [5.41, 5.74) is -0.263. The second kappa shape index (κ2) is 13.4. The molecule has 18 heteroatoms. The van der Waals surface area contributed by atoms with E-state index in [9.17, 15) is 52.4 Å². The van der Waals surface area contributed by atoms with Gasteiger partial charge in [0.2, 0.25) is 0 Å². The number of hydrogen-bond donors (Lipinski definition) is 4. The second-order valence-corrected chi connectivity index (χ2v) is 17.1. The lowest BCUT2D eigenvalue weighted by Crippen LogP contribution is -2.13. The van der Waals surface area contributed by atoms with Gasteiger partial charge in [0.25, 0.3) is 32.1 Å². The third kappa shape index (κ3) is 9.00. The summed E-state index contributed by atoms with van der Waals surface area (Å²) in [6, 6.07) is 16.8. The summed E-state index contributed by atoms with van der Waals surface area (Å²) < 4.78 is 115. The zero-order chi connectivity index (χ0) is 35.7. The molecule has 0 fully saturated rings. The fourth-order valence-corrected chi connectivity index (χ4v) is 6.92. The summed E-state index contributed by atoms with van der Waals surface area (Å²) in [4.78, 5) is 24.0. The van der Waals surface area contributed by atoms with Crippen molar-refractivity contribution in [1.29, 1.82) is 0 Å². The van der Waals surface area contributed by atoms with Crippen molar-refractivity contribution in [3.8, 4) is 0 Å². The van der Waals surface area contributed by atoms with Crippen molar-refractivity contribution >= 4 is 75.3 Å². The van der Waals surface area contributed by atoms with Crippen molar-refractivity contribution in [2.45, 2.75) is 19.6 Å². The Hall–Kier alpha value is -4.72. The second-order valence-electron chi connectivity index (χ2n) is 10.3. The number of carbonyl (C=O) groups is 2. The van der Waals surface area contributed by atoms with Crippen LogP contribution in [-0.4, -0.2) is 67.1 Å². The highest BCUT2D eigenvalue weighted by Gasteiger charge is 2.19. The molecule has 4 N–H and O–H groups in total. The maximum Gasteiger partial charge on any atom is 0.295 e. The molecular weight excluding hydrogens is 709 g/mol. The van der Waals surface area contributed by atoms with E-state index in [1.165, 1.54) is 72.8 Å². The lowest BCUT2D eigenvalue weighted by Gasteiger charge is -2.11. The third-order valence-electron chi connectivity index (χ3n) is 6.63. The van der Waals surface area contributed by atoms with Gasteiger partial charge in [0.1, 0.15) is 9.79 Å². The van der Waals surface area contributed by atoms with Crippen LogP contribution in [0.3, 0.4) is 0 Å². The average Bonchev–Trinajstić information content (AvgIpc) is 2.99. The van der Waals surface area contributed by atoms with Gasteiger partial charge in [-0.15, -0.1) is 0 Å². The molecule has 4 rings (SSSR count). The van der Waals surface area contributed by atoms with Crippen molar-refractivity contribution in [2.24, 2.45) is 0 Å². The molecule has 0 atom stereocenters. The zero-order valence-electron chi connectivity index (χ0n) is 24.8. The minimum atomic E-state index is -4.90. The lowest BCUT2D eigenvalue weighted by atomic mass is 10.1. The van der Waals surface area contributed by atoms with Crippen LogP contribution in [0.15, 0.2) is 105 Å². The van der Waals surface area contributed by atoms with E-state index in [1.807, 2.05) is 0 Å². The number of hydrogen-bond acceptors (Lipinski definition) is 10. The first kappa shape index (κ1) is 36.1. The average molecular weight is 735 g/mol. The van der Waals surface area contributed by atoms with Crippen LogP contribution in [0, 0.1) is 0 Å². The fraction of sp³-hybridized carbons (Fsp3) is 0.0667. The summed E-state index contributed by atoms with van der Waals surface area (Å²) in [6.07, 6.45) is 4.26. The molecule has 0 aliphatic carbocycles. The van der Waals surface area contributed by atoms with Crippen LogP contribution in [-0.2, 0) is 39.9 Å². The number of anilines is 2. The van der Waals surface area contributed by atoms with E-state index in [-0.39, 0.29) is 43.4 Å². The lowest BCUT2D eigenvalue weighted by molar-refractivity contribution is 0.101. The van der Waals surface area contributed by atoms with Crippen LogP contribution >= 0.6 is 0 Å². The number of amides is 2. The monoisotopic (exact) mass is 734 g/mol. The van der Waals surface area contributed by atoms with Crippen molar-refractivity contribution in [1.82, 2.24) is 0 Å². The molecule has 0 saturated heterocycles. The Balaban J connectivity index is 1.60. The molecule has 2 amide bonds. The highest BCUT2D eigenvalue weighted by Crippen LogP contribution is 2.27. The number of benzene rings is 4. The van der Waals surface area contributed by atoms with Gasteiger partial charge < -0.3 is 10.6 Å². The Morgan fingerprint density at radius 1 is 0.521 bits per heavy atom. The fourth-order valence-electron chi connectivity index (χ4n) is 4.24. The SMILES string of the molecule is CS(=O)(=O)c1ccc(C(=O)Nc2ccc(/C=C/c3ccc(NC(=O)c4ccc(S(C)(=O)=O)cc4)cc3S(=O)(=O)O)c(S(=O)(=O)O)c2)cc1. The highest BCUT2D eigenvalue weighted by molar-refractivity contribution is 7.91. The van der Waals surface area contributed by atoms with Gasteiger partial charge in [-0.25, -0.2) is 16.8 Å². The van der Waals surface area contributed by atoms with E-state index < -0.39 is 61.5 Å². The Bertz CT molecular complexity index is 2230. The number of rotatable bonds is 10. The first-order chi connectivity index (χ1) is 22.1. The maximum absolute atomic E-state index is 12.7. The van der Waals surface area contributed by atoms with Gasteiger partial charge in [0.15, 0.2) is 19.7 Å². The summed E-state index contributed by atoms with van der Waals surface area (Å²) in [6.45, 7) is 0. The van der Waals surface area contributed by atoms with E-state index in [0.717, 1.165) is 36.8 Å². The summed E-state index contributed by atoms with van der Waals surface area (Å²) in [5, 5.41) is 4.88. The Morgan fingerprint density at radius 2 is 0.833 bits per heavy atom. The van der Waals surface area contributed by atoms with Crippen LogP contribution < -0.4 is 10.6 Å². The van der Waals surface area contributed by atoms with Crippen molar-refractivity contribution < 1.29 is 52.4 Å². The molecular formula is C30H26N2O12S4. The van der Waals surface area contributed by atoms with Gasteiger partial charge in [-0.05, 0) is 83.9 Å². The first-order valence-electron chi connectivity index (χ1n) is 13.3. The quantitative estimate of drug-likeness (QED) is 0.135. The predicted molar refractivity (Wildman–Crippen MR) is 176 cm³/mol. The number of carbonyl (C=O) groups excluding carboxylic acids is 2. The third-order valence-corrected chi connectivity index (χ3v) is 10.7. The van der Waals surface area contributed by atoms with Crippen molar-refractivity contribution in [3.63, 3.8) is 0 Å². The Labute approximate surface area is 276 Å². The molecule has 0 aromatic heterocycles. The van der Waals surface area contributed by atoms with Gasteiger partial charge in [0.05, 0.1) is 9.79 Å². The summed E-state index contributed by atoms with van der Waals surface area (Å²) >= 11 is 0. The van der Waals surface area contributed by atoms with Gasteiger partial charge in [-0.2, -0.15) is 16.8 Å². The van der Waals surface area contributed by atoms with E-state index in [0.29, 0.717) is 0 Å². The molecule has 4 aromatic rings. The molecule has 252 valence electrons. The van der Waals surface area contributed by atoms with Gasteiger partial charge in [0, 0.05) is 35.0 Å². The topological polar surface area (TPSA) is 235 Å². The van der Waals surface area contributed by atoms with Crippen LogP contribution in [0.5, 0.6) is 0 Å². The van der Waals surface area contributed by atoms with Gasteiger partial charge in [-0.3, -0.25) is 18.7 Å². The van der Waals surface area contributed by atoms with Gasteiger partial charge in [-0.1, -0.05) is 24.3 Å². The summed E-state index contributed by atoms with van der Waals surface area (Å²) in [7, 11) is -16.8. The van der Waals surface area contributed by atoms with Crippen molar-refractivity contribution in [2.75, 3.05) is 23.1 Å². The molecule has 0 heterocycles. The Kier molecular flexibility index (Phi) is 10.1. The van der Waals surface area contributed by atoms with E-state index in [2.05, 4.69) is 10.6 Å². The molecule has 0 radical (unpaired) electrons. The molecule has 14 nitrogen and oxygen atoms in total. The molecule has 0 unspecified atom stereocenters. The van der Waals surface area contributed by atoms with Crippen LogP contribution in [0.4, 0.5) is 11.4 Å². The standard InChI is InChI=1S/C30H26N2O12S4/c1-45(35,36)25-13-7-21(8-14-25)29(33)31-23-11-5-19(27(17-23)47(39,40)41)3-4-20-6-12-24(18-28(20)48(42,43)44)32-30(34)22-9-15-26(16-10-22)46(2,37)38/h3-18H,1-2H3,(H,31,33)(H,32,34)(H,39,40,41)(H,42,43,44)/b4-3+. The molecule has 48 heavy (non-hydrogen) atoms. The molecule has 0 bridgehead atoms. The summed E-state index contributed by atoms with van der Waals surface area (Å²) in [5.74, 6) is -1.42. The zero-order valence-corrected chi connectivity index (χ0v) is 28.1. The minimum absolute atomic E-state index is 0.0146. The smallest absolute Gasteiger partial charge is 0.295 e. The minimum Gasteiger partial charge on any atom is -0.322 e. The van der Waals surface area contributed by atoms with Crippen LogP contribution in [0.2, 0.25) is 0 Å². The predicted octanol–water partition coefficient (Wildman–Crippen LogP) is 3.66. The number of sulfone groups is 2. The number of nitrogens with one attached hydrogen (secondary N) is 2. The highest BCUT2D eigenvalue weighted by atomic mass is 32.2. The normalized spacial score (nSPS) is 12.5. The molecule has 0 saturated carbocycles. The van der Waals surface area contributed by atoms with E-state index in [4.69, 9.17) is 0 Å². The molecule has 0 aliphatic rings. The van der Waals surface area contributed by atoms with Crippen molar-refractivity contribution in [3.05, 3.63) is 107 Å². The molecule has 0 aliphatic heterocycles. The van der Waals surface area contributed by atoms with Gasteiger partial charge >= 0.3 is 0 Å².